The monoisotopic (exact) mass is 315 g/mol. The van der Waals surface area contributed by atoms with Crippen LogP contribution in [0.15, 0.2) is 36.8 Å². The van der Waals surface area contributed by atoms with Crippen molar-refractivity contribution in [2.75, 3.05) is 13.7 Å². The second-order valence-electron chi connectivity index (χ2n) is 6.50. The van der Waals surface area contributed by atoms with Crippen molar-refractivity contribution < 1.29 is 9.84 Å². The summed E-state index contributed by atoms with van der Waals surface area (Å²) in [6, 6.07) is 7.83. The number of aliphatic hydroxyl groups is 1. The standard InChI is InChI=1S/C18H25N3O2/c1-18(22,14-6-8-16(23-3)9-7-14)17-5-4-10-21(17)12-15-11-19-13-20(15)2/h6-9,11,13,17,22H,4-5,10,12H2,1-3H3. The molecule has 0 spiro atoms. The van der Waals surface area contributed by atoms with Crippen molar-refractivity contribution in [2.45, 2.75) is 38.0 Å². The summed E-state index contributed by atoms with van der Waals surface area (Å²) in [5.41, 5.74) is 1.21. The van der Waals surface area contributed by atoms with E-state index in [0.29, 0.717) is 0 Å². The van der Waals surface area contributed by atoms with Crippen LogP contribution >= 0.6 is 0 Å². The van der Waals surface area contributed by atoms with E-state index in [1.807, 2.05) is 55.3 Å². The number of likely N-dealkylation sites (tertiary alicyclic amines) is 1. The molecule has 1 saturated heterocycles. The summed E-state index contributed by atoms with van der Waals surface area (Å²) in [6.45, 7) is 3.73. The van der Waals surface area contributed by atoms with E-state index >= 15 is 0 Å². The Labute approximate surface area is 137 Å². The fourth-order valence-corrected chi connectivity index (χ4v) is 3.52. The van der Waals surface area contributed by atoms with Crippen LogP contribution in [0.2, 0.25) is 0 Å². The third-order valence-electron chi connectivity index (χ3n) is 4.97. The normalized spacial score (nSPS) is 21.3. The summed E-state index contributed by atoms with van der Waals surface area (Å²) < 4.78 is 7.25. The van der Waals surface area contributed by atoms with Crippen molar-refractivity contribution in [2.24, 2.45) is 7.05 Å². The van der Waals surface area contributed by atoms with Crippen LogP contribution in [-0.4, -0.2) is 39.3 Å². The molecule has 124 valence electrons. The zero-order chi connectivity index (χ0) is 16.4. The van der Waals surface area contributed by atoms with Gasteiger partial charge in [0.15, 0.2) is 0 Å². The molecule has 5 heteroatoms. The van der Waals surface area contributed by atoms with Gasteiger partial charge in [-0.2, -0.15) is 0 Å². The average molecular weight is 315 g/mol. The Bertz CT molecular complexity index is 649. The Balaban J connectivity index is 1.80. The maximum absolute atomic E-state index is 11.2. The molecular weight excluding hydrogens is 290 g/mol. The van der Waals surface area contributed by atoms with Crippen LogP contribution in [0, 0.1) is 0 Å². The van der Waals surface area contributed by atoms with Gasteiger partial charge in [-0.3, -0.25) is 4.90 Å². The van der Waals surface area contributed by atoms with Gasteiger partial charge in [0.25, 0.3) is 0 Å². The summed E-state index contributed by atoms with van der Waals surface area (Å²) >= 11 is 0. The van der Waals surface area contributed by atoms with Crippen LogP contribution in [0.4, 0.5) is 0 Å². The number of imidazole rings is 1. The van der Waals surface area contributed by atoms with Gasteiger partial charge in [-0.05, 0) is 44.0 Å². The topological polar surface area (TPSA) is 50.5 Å². The Morgan fingerprint density at radius 2 is 2.09 bits per heavy atom. The quantitative estimate of drug-likeness (QED) is 0.920. The minimum atomic E-state index is -0.888. The summed E-state index contributed by atoms with van der Waals surface area (Å²) in [4.78, 5) is 6.55. The molecule has 0 radical (unpaired) electrons. The maximum Gasteiger partial charge on any atom is 0.118 e. The molecule has 0 saturated carbocycles. The SMILES string of the molecule is COc1ccc(C(C)(O)C2CCCN2Cc2cncn2C)cc1. The van der Waals surface area contributed by atoms with Crippen molar-refractivity contribution >= 4 is 0 Å². The van der Waals surface area contributed by atoms with E-state index in [-0.39, 0.29) is 6.04 Å². The second kappa shape index (κ2) is 6.34. The number of hydrogen-bond donors (Lipinski definition) is 1. The van der Waals surface area contributed by atoms with Crippen molar-refractivity contribution in [1.29, 1.82) is 0 Å². The number of aromatic nitrogens is 2. The minimum Gasteiger partial charge on any atom is -0.497 e. The number of aryl methyl sites for hydroxylation is 1. The Morgan fingerprint density at radius 1 is 1.35 bits per heavy atom. The highest BCUT2D eigenvalue weighted by Gasteiger charge is 2.40. The van der Waals surface area contributed by atoms with E-state index in [1.54, 1.807) is 7.11 Å². The fraction of sp³-hybridized carbons (Fsp3) is 0.500. The molecule has 1 fully saturated rings. The number of benzene rings is 1. The number of ether oxygens (including phenoxy) is 1. The number of methoxy groups -OCH3 is 1. The van der Waals surface area contributed by atoms with E-state index < -0.39 is 5.60 Å². The molecule has 1 aromatic carbocycles. The van der Waals surface area contributed by atoms with Crippen molar-refractivity contribution in [3.63, 3.8) is 0 Å². The summed E-state index contributed by atoms with van der Waals surface area (Å²) in [5, 5.41) is 11.2. The van der Waals surface area contributed by atoms with E-state index in [2.05, 4.69) is 9.88 Å². The molecule has 1 aromatic heterocycles. The van der Waals surface area contributed by atoms with Gasteiger partial charge in [0.1, 0.15) is 11.4 Å². The van der Waals surface area contributed by atoms with Crippen LogP contribution < -0.4 is 4.74 Å². The molecule has 23 heavy (non-hydrogen) atoms. The Hall–Kier alpha value is -1.85. The van der Waals surface area contributed by atoms with E-state index in [9.17, 15) is 5.11 Å². The molecule has 1 aliphatic rings. The highest BCUT2D eigenvalue weighted by atomic mass is 16.5. The van der Waals surface area contributed by atoms with Crippen LogP contribution in [0.5, 0.6) is 5.75 Å². The molecule has 1 N–H and O–H groups in total. The molecule has 0 bridgehead atoms. The first-order chi connectivity index (χ1) is 11.0. The predicted molar refractivity (Wildman–Crippen MR) is 89.2 cm³/mol. The summed E-state index contributed by atoms with van der Waals surface area (Å²) in [5.74, 6) is 0.808. The zero-order valence-electron chi connectivity index (χ0n) is 14.1. The number of nitrogens with zero attached hydrogens (tertiary/aromatic N) is 3. The lowest BCUT2D eigenvalue weighted by Gasteiger charge is -2.37. The van der Waals surface area contributed by atoms with Gasteiger partial charge >= 0.3 is 0 Å². The minimum absolute atomic E-state index is 0.103. The molecule has 2 unspecified atom stereocenters. The van der Waals surface area contributed by atoms with Crippen molar-refractivity contribution in [3.8, 4) is 5.75 Å². The first kappa shape index (κ1) is 16.0. The third kappa shape index (κ3) is 3.12. The molecule has 5 nitrogen and oxygen atoms in total. The van der Waals surface area contributed by atoms with Crippen LogP contribution in [0.1, 0.15) is 31.0 Å². The first-order valence-corrected chi connectivity index (χ1v) is 8.08. The molecule has 0 amide bonds. The number of rotatable bonds is 5. The fourth-order valence-electron chi connectivity index (χ4n) is 3.52. The molecular formula is C18H25N3O2. The lowest BCUT2D eigenvalue weighted by molar-refractivity contribution is -0.0259. The predicted octanol–water partition coefficient (Wildman–Crippen LogP) is 2.30. The Kier molecular flexibility index (Phi) is 4.41. The van der Waals surface area contributed by atoms with E-state index in [4.69, 9.17) is 4.74 Å². The van der Waals surface area contributed by atoms with Crippen LogP contribution in [0.25, 0.3) is 0 Å². The first-order valence-electron chi connectivity index (χ1n) is 8.08. The highest BCUT2D eigenvalue weighted by molar-refractivity contribution is 5.31. The number of hydrogen-bond acceptors (Lipinski definition) is 4. The van der Waals surface area contributed by atoms with Gasteiger partial charge in [0.05, 0.1) is 19.1 Å². The largest absolute Gasteiger partial charge is 0.497 e. The van der Waals surface area contributed by atoms with Crippen LogP contribution in [-0.2, 0) is 19.2 Å². The molecule has 1 aliphatic heterocycles. The zero-order valence-corrected chi connectivity index (χ0v) is 14.1. The lowest BCUT2D eigenvalue weighted by Crippen LogP contribution is -2.45. The van der Waals surface area contributed by atoms with Gasteiger partial charge in [0.2, 0.25) is 0 Å². The molecule has 0 aliphatic carbocycles. The highest BCUT2D eigenvalue weighted by Crippen LogP contribution is 2.36. The van der Waals surface area contributed by atoms with Gasteiger partial charge in [-0.1, -0.05) is 12.1 Å². The lowest BCUT2D eigenvalue weighted by atomic mass is 9.86. The Morgan fingerprint density at radius 3 is 2.70 bits per heavy atom. The molecule has 3 rings (SSSR count). The maximum atomic E-state index is 11.2. The smallest absolute Gasteiger partial charge is 0.118 e. The summed E-state index contributed by atoms with van der Waals surface area (Å²) in [6.07, 6.45) is 5.82. The van der Waals surface area contributed by atoms with Gasteiger partial charge in [-0.15, -0.1) is 0 Å². The van der Waals surface area contributed by atoms with Gasteiger partial charge in [-0.25, -0.2) is 4.98 Å². The third-order valence-corrected chi connectivity index (χ3v) is 4.97. The molecule has 2 atom stereocenters. The van der Waals surface area contributed by atoms with E-state index in [0.717, 1.165) is 37.2 Å². The van der Waals surface area contributed by atoms with Gasteiger partial charge in [0, 0.05) is 25.8 Å². The molecule has 2 aromatic rings. The average Bonchev–Trinajstić information content (AvgIpc) is 3.18. The second-order valence-corrected chi connectivity index (χ2v) is 6.50. The van der Waals surface area contributed by atoms with Crippen molar-refractivity contribution in [1.82, 2.24) is 14.5 Å². The van der Waals surface area contributed by atoms with Crippen molar-refractivity contribution in [3.05, 3.63) is 48.0 Å². The van der Waals surface area contributed by atoms with Crippen LogP contribution in [0.3, 0.4) is 0 Å². The summed E-state index contributed by atoms with van der Waals surface area (Å²) in [7, 11) is 3.66. The molecule has 2 heterocycles. The van der Waals surface area contributed by atoms with Gasteiger partial charge < -0.3 is 14.4 Å². The van der Waals surface area contributed by atoms with E-state index in [1.165, 1.54) is 5.69 Å².